The van der Waals surface area contributed by atoms with Crippen molar-refractivity contribution < 1.29 is 4.39 Å². The van der Waals surface area contributed by atoms with Crippen LogP contribution in [0.5, 0.6) is 0 Å². The maximum absolute atomic E-state index is 16.0. The van der Waals surface area contributed by atoms with Crippen molar-refractivity contribution in [3.8, 4) is 11.5 Å². The Kier molecular flexibility index (Phi) is 6.28. The van der Waals surface area contributed by atoms with Gasteiger partial charge in [0.05, 0.1) is 33.5 Å². The molecular formula is C29H25FN6. The molecule has 2 aromatic carbocycles. The van der Waals surface area contributed by atoms with Gasteiger partial charge in [-0.1, -0.05) is 61.7 Å². The molecule has 0 saturated heterocycles. The molecule has 0 aliphatic heterocycles. The summed E-state index contributed by atoms with van der Waals surface area (Å²) >= 11 is 0. The van der Waals surface area contributed by atoms with E-state index in [4.69, 9.17) is 0 Å². The molecular weight excluding hydrogens is 451 g/mol. The highest BCUT2D eigenvalue weighted by atomic mass is 19.1. The molecule has 6 nitrogen and oxygen atoms in total. The number of halogens is 1. The number of rotatable bonds is 7. The first-order valence-electron chi connectivity index (χ1n) is 11.5. The van der Waals surface area contributed by atoms with Gasteiger partial charge in [-0.05, 0) is 30.7 Å². The topological polar surface area (TPSA) is 82.3 Å². The van der Waals surface area contributed by atoms with Crippen molar-refractivity contribution in [3.05, 3.63) is 114 Å². The summed E-state index contributed by atoms with van der Waals surface area (Å²) in [7, 11) is 0. The number of allylic oxidation sites excluding steroid dienone is 2. The van der Waals surface area contributed by atoms with Crippen LogP contribution in [0.3, 0.4) is 0 Å². The molecule has 0 aliphatic rings. The van der Waals surface area contributed by atoms with Crippen LogP contribution in [-0.4, -0.2) is 25.1 Å². The van der Waals surface area contributed by atoms with Gasteiger partial charge in [-0.3, -0.25) is 10.1 Å². The van der Waals surface area contributed by atoms with Crippen molar-refractivity contribution in [1.82, 2.24) is 25.1 Å². The lowest BCUT2D eigenvalue weighted by atomic mass is 10.1. The minimum atomic E-state index is -0.505. The van der Waals surface area contributed by atoms with E-state index in [2.05, 4.69) is 43.6 Å². The number of nitrogens with zero attached hydrogens (tertiary/aromatic N) is 3. The molecule has 0 atom stereocenters. The summed E-state index contributed by atoms with van der Waals surface area (Å²) in [5.41, 5.74) is 5.41. The van der Waals surface area contributed by atoms with Crippen LogP contribution in [0.2, 0.25) is 0 Å². The Morgan fingerprint density at radius 2 is 1.83 bits per heavy atom. The van der Waals surface area contributed by atoms with Gasteiger partial charge in [0.15, 0.2) is 5.82 Å². The Hall–Kier alpha value is -4.78. The SMILES string of the molecule is C=C(Cc1ccccc1)Nc1cncc(C(=C)/C(F)=c2/c(-c3nc4ccccc4[nH]3)n[nH]/c2=C/C)c1. The Morgan fingerprint density at radius 3 is 2.61 bits per heavy atom. The largest absolute Gasteiger partial charge is 0.358 e. The zero-order chi connectivity index (χ0) is 25.1. The highest BCUT2D eigenvalue weighted by Gasteiger charge is 2.17. The molecule has 3 aromatic heterocycles. The van der Waals surface area contributed by atoms with E-state index in [9.17, 15) is 0 Å². The lowest BCUT2D eigenvalue weighted by Crippen LogP contribution is -2.26. The number of hydrogen-bond donors (Lipinski definition) is 3. The van der Waals surface area contributed by atoms with Crippen LogP contribution in [0.1, 0.15) is 18.1 Å². The number of H-pyrrole nitrogens is 2. The second kappa shape index (κ2) is 9.84. The molecule has 0 unspecified atom stereocenters. The van der Waals surface area contributed by atoms with Crippen molar-refractivity contribution in [2.45, 2.75) is 13.3 Å². The van der Waals surface area contributed by atoms with E-state index in [1.165, 1.54) is 0 Å². The summed E-state index contributed by atoms with van der Waals surface area (Å²) in [4.78, 5) is 12.1. The smallest absolute Gasteiger partial charge is 0.159 e. The van der Waals surface area contributed by atoms with Crippen molar-refractivity contribution in [2.24, 2.45) is 0 Å². The second-order valence-corrected chi connectivity index (χ2v) is 8.40. The number of nitrogens with one attached hydrogen (secondary N) is 3. The highest BCUT2D eigenvalue weighted by Crippen LogP contribution is 2.25. The van der Waals surface area contributed by atoms with Crippen molar-refractivity contribution >= 4 is 34.2 Å². The number of aromatic amines is 2. The number of anilines is 1. The molecule has 7 heteroatoms. The third-order valence-electron chi connectivity index (χ3n) is 5.85. The number of fused-ring (bicyclic) bond motifs is 1. The molecule has 0 bridgehead atoms. The fraction of sp³-hybridized carbons (Fsp3) is 0.0690. The lowest BCUT2D eigenvalue weighted by molar-refractivity contribution is 0.764. The standard InChI is InChI=1S/C29H25FN6/c1-4-23-26(28(36-35-23)29-33-24-12-8-9-13-25(24)34-29)27(30)19(3)21-15-22(17-31-16-21)32-18(2)14-20-10-6-5-7-11-20/h4-13,15-17,32,35H,2-3,14H2,1H3,(H,33,34)/b23-4+,27-26-. The van der Waals surface area contributed by atoms with Crippen LogP contribution in [0.25, 0.3) is 40.0 Å². The number of benzene rings is 2. The Balaban J connectivity index is 1.48. The van der Waals surface area contributed by atoms with E-state index < -0.39 is 5.83 Å². The Bertz CT molecular complexity index is 1660. The first-order valence-corrected chi connectivity index (χ1v) is 11.5. The fourth-order valence-electron chi connectivity index (χ4n) is 4.06. The zero-order valence-corrected chi connectivity index (χ0v) is 19.8. The maximum atomic E-state index is 16.0. The monoisotopic (exact) mass is 476 g/mol. The van der Waals surface area contributed by atoms with Gasteiger partial charge in [0.1, 0.15) is 11.5 Å². The quantitative estimate of drug-likeness (QED) is 0.305. The van der Waals surface area contributed by atoms with Gasteiger partial charge >= 0.3 is 0 Å². The van der Waals surface area contributed by atoms with Gasteiger partial charge in [-0.25, -0.2) is 9.37 Å². The summed E-state index contributed by atoms with van der Waals surface area (Å²) in [6.45, 7) is 9.97. The zero-order valence-electron chi connectivity index (χ0n) is 19.8. The number of imidazole rings is 1. The molecule has 0 aliphatic carbocycles. The number of para-hydroxylation sites is 2. The first kappa shape index (κ1) is 23.0. The van der Waals surface area contributed by atoms with Gasteiger partial charge in [-0.2, -0.15) is 5.10 Å². The highest BCUT2D eigenvalue weighted by molar-refractivity contribution is 5.94. The predicted octanol–water partition coefficient (Wildman–Crippen LogP) is 5.11. The fourth-order valence-corrected chi connectivity index (χ4v) is 4.06. The Labute approximate surface area is 207 Å². The molecule has 3 heterocycles. The van der Waals surface area contributed by atoms with Gasteiger partial charge in [0.25, 0.3) is 0 Å². The molecule has 3 N–H and O–H groups in total. The van der Waals surface area contributed by atoms with E-state index in [0.29, 0.717) is 39.8 Å². The predicted molar refractivity (Wildman–Crippen MR) is 144 cm³/mol. The van der Waals surface area contributed by atoms with Gasteiger partial charge in [-0.15, -0.1) is 0 Å². The van der Waals surface area contributed by atoms with E-state index in [-0.39, 0.29) is 5.57 Å². The number of aromatic nitrogens is 5. The molecule has 36 heavy (non-hydrogen) atoms. The van der Waals surface area contributed by atoms with Gasteiger partial charge < -0.3 is 10.3 Å². The summed E-state index contributed by atoms with van der Waals surface area (Å²) in [6, 6.07) is 19.5. The summed E-state index contributed by atoms with van der Waals surface area (Å²) in [5, 5.41) is 11.4. The minimum Gasteiger partial charge on any atom is -0.358 e. The molecule has 5 rings (SSSR count). The summed E-state index contributed by atoms with van der Waals surface area (Å²) < 4.78 is 16.0. The number of hydrogen-bond acceptors (Lipinski definition) is 4. The van der Waals surface area contributed by atoms with E-state index >= 15 is 4.39 Å². The number of pyridine rings is 1. The molecule has 0 radical (unpaired) electrons. The molecule has 0 fully saturated rings. The molecule has 0 saturated carbocycles. The normalized spacial score (nSPS) is 12.6. The maximum Gasteiger partial charge on any atom is 0.159 e. The van der Waals surface area contributed by atoms with E-state index in [0.717, 1.165) is 22.3 Å². The van der Waals surface area contributed by atoms with Crippen LogP contribution in [0.4, 0.5) is 10.1 Å². The van der Waals surface area contributed by atoms with Crippen LogP contribution >= 0.6 is 0 Å². The Morgan fingerprint density at radius 1 is 1.06 bits per heavy atom. The van der Waals surface area contributed by atoms with Gasteiger partial charge in [0.2, 0.25) is 0 Å². The third kappa shape index (κ3) is 4.59. The third-order valence-corrected chi connectivity index (χ3v) is 5.85. The minimum absolute atomic E-state index is 0.196. The van der Waals surface area contributed by atoms with Crippen LogP contribution in [0.15, 0.2) is 91.9 Å². The van der Waals surface area contributed by atoms with Crippen molar-refractivity contribution in [1.29, 1.82) is 0 Å². The summed E-state index contributed by atoms with van der Waals surface area (Å²) in [6.07, 6.45) is 5.69. The molecule has 5 aromatic rings. The van der Waals surface area contributed by atoms with Crippen LogP contribution < -0.4 is 15.9 Å². The van der Waals surface area contributed by atoms with E-state index in [1.54, 1.807) is 24.5 Å². The molecule has 0 spiro atoms. The average Bonchev–Trinajstić information content (AvgIpc) is 3.52. The molecule has 0 amide bonds. The van der Waals surface area contributed by atoms with Crippen molar-refractivity contribution in [3.63, 3.8) is 0 Å². The van der Waals surface area contributed by atoms with Crippen LogP contribution in [-0.2, 0) is 6.42 Å². The lowest BCUT2D eigenvalue weighted by Gasteiger charge is -2.11. The van der Waals surface area contributed by atoms with Crippen molar-refractivity contribution in [2.75, 3.05) is 5.32 Å². The average molecular weight is 477 g/mol. The van der Waals surface area contributed by atoms with E-state index in [1.807, 2.05) is 61.5 Å². The second-order valence-electron chi connectivity index (χ2n) is 8.40. The van der Waals surface area contributed by atoms with Crippen LogP contribution in [0, 0.1) is 0 Å². The first-order chi connectivity index (χ1) is 17.5. The molecule has 178 valence electrons. The summed E-state index contributed by atoms with van der Waals surface area (Å²) in [5.74, 6) is -0.0291. The van der Waals surface area contributed by atoms with Gasteiger partial charge in [0, 0.05) is 29.5 Å².